The maximum absolute atomic E-state index is 13.5. The number of aromatic nitrogens is 3. The van der Waals surface area contributed by atoms with Crippen LogP contribution in [0.2, 0.25) is 0 Å². The van der Waals surface area contributed by atoms with Crippen LogP contribution in [-0.4, -0.2) is 65.5 Å². The van der Waals surface area contributed by atoms with E-state index in [1.54, 1.807) is 0 Å². The van der Waals surface area contributed by atoms with Crippen LogP contribution < -0.4 is 4.90 Å². The van der Waals surface area contributed by atoms with Crippen LogP contribution in [0.4, 0.5) is 14.6 Å². The summed E-state index contributed by atoms with van der Waals surface area (Å²) < 4.78 is 54.0. The summed E-state index contributed by atoms with van der Waals surface area (Å²) in [7, 11) is -1.43. The molecule has 2 saturated carbocycles. The topological polar surface area (TPSA) is 82.2 Å². The fraction of sp³-hybridized carbons (Fsp3) is 0.684. The van der Waals surface area contributed by atoms with Crippen LogP contribution in [-0.2, 0) is 10.0 Å². The quantitative estimate of drug-likeness (QED) is 0.796. The molecule has 0 unspecified atom stereocenters. The highest BCUT2D eigenvalue weighted by molar-refractivity contribution is 7.89. The number of hydrogen-bond acceptors (Lipinski definition) is 5. The Balaban J connectivity index is 1.17. The van der Waals surface area contributed by atoms with Crippen molar-refractivity contribution in [3.05, 3.63) is 18.6 Å². The molecule has 1 aliphatic heterocycles. The molecule has 2 aromatic heterocycles. The number of rotatable bonds is 5. The van der Waals surface area contributed by atoms with Gasteiger partial charge in [-0.05, 0) is 37.7 Å². The molecule has 0 bridgehead atoms. The van der Waals surface area contributed by atoms with Gasteiger partial charge >= 0.3 is 0 Å². The van der Waals surface area contributed by atoms with Gasteiger partial charge in [-0.25, -0.2) is 31.5 Å². The molecule has 1 saturated heterocycles. The van der Waals surface area contributed by atoms with Gasteiger partial charge in [-0.2, -0.15) is 0 Å². The van der Waals surface area contributed by atoms with E-state index >= 15 is 0 Å². The van der Waals surface area contributed by atoms with Gasteiger partial charge in [-0.3, -0.25) is 0 Å². The molecule has 0 aromatic carbocycles. The highest BCUT2D eigenvalue weighted by atomic mass is 32.2. The summed E-state index contributed by atoms with van der Waals surface area (Å²) in [6.07, 6.45) is 5.38. The number of nitrogens with one attached hydrogen (secondary N) is 1. The Labute approximate surface area is 168 Å². The highest BCUT2D eigenvalue weighted by Crippen LogP contribution is 2.66. The molecule has 3 heterocycles. The Morgan fingerprint density at radius 3 is 2.62 bits per heavy atom. The minimum absolute atomic E-state index is 0.0814. The third kappa shape index (κ3) is 3.11. The van der Waals surface area contributed by atoms with E-state index in [-0.39, 0.29) is 50.1 Å². The van der Waals surface area contributed by atoms with Crippen LogP contribution in [0, 0.1) is 11.3 Å². The van der Waals surface area contributed by atoms with Gasteiger partial charge in [0.1, 0.15) is 17.8 Å². The Bertz CT molecular complexity index is 1030. The minimum Gasteiger partial charge on any atom is -0.356 e. The zero-order chi connectivity index (χ0) is 20.4. The Kier molecular flexibility index (Phi) is 4.19. The van der Waals surface area contributed by atoms with Crippen molar-refractivity contribution >= 4 is 26.9 Å². The summed E-state index contributed by atoms with van der Waals surface area (Å²) in [6, 6.07) is 2.17. The van der Waals surface area contributed by atoms with Crippen LogP contribution in [0.15, 0.2) is 18.6 Å². The number of aromatic amines is 1. The van der Waals surface area contributed by atoms with Crippen molar-refractivity contribution in [1.29, 1.82) is 0 Å². The van der Waals surface area contributed by atoms with E-state index in [0.717, 1.165) is 29.7 Å². The fourth-order valence-corrected chi connectivity index (χ4v) is 6.80. The van der Waals surface area contributed by atoms with Crippen LogP contribution in [0.1, 0.15) is 32.1 Å². The number of H-pyrrole nitrogens is 1. The molecule has 1 N–H and O–H groups in total. The molecular formula is C19H25F2N5O2S. The van der Waals surface area contributed by atoms with Crippen molar-refractivity contribution in [3.63, 3.8) is 0 Å². The largest absolute Gasteiger partial charge is 0.356 e. The molecule has 0 atom stereocenters. The lowest BCUT2D eigenvalue weighted by atomic mass is 9.81. The lowest BCUT2D eigenvalue weighted by molar-refractivity contribution is 0.0425. The number of hydrogen-bond donors (Lipinski definition) is 1. The summed E-state index contributed by atoms with van der Waals surface area (Å²) in [4.78, 5) is 13.8. The van der Waals surface area contributed by atoms with E-state index in [2.05, 4.69) is 19.9 Å². The number of nitrogens with zero attached hydrogens (tertiary/aromatic N) is 4. The smallest absolute Gasteiger partial charge is 0.254 e. The summed E-state index contributed by atoms with van der Waals surface area (Å²) in [5, 5.41) is 0.949. The molecule has 158 valence electrons. The van der Waals surface area contributed by atoms with E-state index < -0.39 is 21.4 Å². The minimum atomic E-state index is -3.40. The van der Waals surface area contributed by atoms with Gasteiger partial charge in [0.15, 0.2) is 0 Å². The molecule has 29 heavy (non-hydrogen) atoms. The second kappa shape index (κ2) is 6.34. The molecule has 2 aliphatic carbocycles. The van der Waals surface area contributed by atoms with Gasteiger partial charge in [0, 0.05) is 44.2 Å². The predicted molar refractivity (Wildman–Crippen MR) is 105 cm³/mol. The third-order valence-electron chi connectivity index (χ3n) is 7.16. The van der Waals surface area contributed by atoms with Crippen LogP contribution in [0.25, 0.3) is 11.0 Å². The highest BCUT2D eigenvalue weighted by Gasteiger charge is 2.70. The monoisotopic (exact) mass is 425 g/mol. The van der Waals surface area contributed by atoms with E-state index in [1.165, 1.54) is 10.6 Å². The lowest BCUT2D eigenvalue weighted by Crippen LogP contribution is -2.48. The molecule has 0 radical (unpaired) electrons. The Hall–Kier alpha value is -1.81. The maximum atomic E-state index is 13.5. The van der Waals surface area contributed by atoms with Crippen molar-refractivity contribution in [2.45, 2.75) is 44.1 Å². The number of halogens is 2. The first-order valence-corrected chi connectivity index (χ1v) is 11.7. The second-order valence-electron chi connectivity index (χ2n) is 8.88. The van der Waals surface area contributed by atoms with Gasteiger partial charge in [0.25, 0.3) is 5.92 Å². The Morgan fingerprint density at radius 2 is 1.97 bits per heavy atom. The second-order valence-corrected chi connectivity index (χ2v) is 10.9. The molecule has 2 aromatic rings. The van der Waals surface area contributed by atoms with Crippen molar-refractivity contribution in [2.24, 2.45) is 11.3 Å². The van der Waals surface area contributed by atoms with Crippen molar-refractivity contribution < 1.29 is 17.2 Å². The number of fused-ring (bicyclic) bond motifs is 1. The van der Waals surface area contributed by atoms with Gasteiger partial charge in [0.2, 0.25) is 10.0 Å². The van der Waals surface area contributed by atoms with Gasteiger partial charge in [-0.1, -0.05) is 0 Å². The van der Waals surface area contributed by atoms with Crippen molar-refractivity contribution in [2.75, 3.05) is 30.8 Å². The van der Waals surface area contributed by atoms with E-state index in [0.29, 0.717) is 0 Å². The van der Waals surface area contributed by atoms with Gasteiger partial charge in [0.05, 0.1) is 11.1 Å². The van der Waals surface area contributed by atoms with Crippen molar-refractivity contribution in [3.8, 4) is 0 Å². The average Bonchev–Trinajstić information content (AvgIpc) is 2.98. The Morgan fingerprint density at radius 1 is 1.28 bits per heavy atom. The van der Waals surface area contributed by atoms with E-state index in [1.807, 2.05) is 19.3 Å². The first-order valence-electron chi connectivity index (χ1n) is 10.1. The van der Waals surface area contributed by atoms with Gasteiger partial charge in [-0.15, -0.1) is 0 Å². The summed E-state index contributed by atoms with van der Waals surface area (Å²) in [5.74, 6) is -1.56. The summed E-state index contributed by atoms with van der Waals surface area (Å²) in [6.45, 7) is 0.445. The molecule has 0 amide bonds. The van der Waals surface area contributed by atoms with E-state index in [4.69, 9.17) is 0 Å². The van der Waals surface area contributed by atoms with Gasteiger partial charge < -0.3 is 9.88 Å². The summed E-state index contributed by atoms with van der Waals surface area (Å²) >= 11 is 0. The van der Waals surface area contributed by atoms with E-state index in [9.17, 15) is 17.2 Å². The first kappa shape index (κ1) is 19.2. The maximum Gasteiger partial charge on any atom is 0.254 e. The summed E-state index contributed by atoms with van der Waals surface area (Å²) in [5.41, 5.74) is -0.144. The third-order valence-corrected chi connectivity index (χ3v) is 9.20. The molecule has 1 spiro atoms. The lowest BCUT2D eigenvalue weighted by Gasteiger charge is -2.42. The number of sulfonamides is 1. The van der Waals surface area contributed by atoms with Crippen molar-refractivity contribution in [1.82, 2.24) is 19.3 Å². The molecule has 5 rings (SSSR count). The fourth-order valence-electron chi connectivity index (χ4n) is 4.98. The molecule has 3 fully saturated rings. The molecule has 3 aliphatic rings. The zero-order valence-corrected chi connectivity index (χ0v) is 17.1. The molecule has 10 heteroatoms. The predicted octanol–water partition coefficient (Wildman–Crippen LogP) is 2.62. The SMILES string of the molecule is CN(c1ncnc2[nH]ccc12)[C@H]1C[C@@H](CS(=O)(=O)N2CCC3(CC2)CC3(F)F)C1. The molecular weight excluding hydrogens is 400 g/mol. The van der Waals surface area contributed by atoms with Crippen LogP contribution in [0.5, 0.6) is 0 Å². The number of alkyl halides is 2. The van der Waals surface area contributed by atoms with Crippen LogP contribution in [0.3, 0.4) is 0 Å². The number of anilines is 1. The standard InChI is InChI=1S/C19H25F2N5O2S/c1-25(17-15-2-5-22-16(15)23-12-24-17)14-8-13(9-14)10-29(27,28)26-6-3-18(4-7-26)11-19(18,20)21/h2,5,12-14H,3-4,6-11H2,1H3,(H,22,23,24)/t13-,14+. The first-order chi connectivity index (χ1) is 13.7. The zero-order valence-electron chi connectivity index (χ0n) is 16.3. The normalized spacial score (nSPS) is 28.4. The average molecular weight is 426 g/mol. The van der Waals surface area contributed by atoms with Crippen LogP contribution >= 0.6 is 0 Å². The number of piperidine rings is 1. The molecule has 7 nitrogen and oxygen atoms in total.